The minimum absolute atomic E-state index is 0.00564. The van der Waals surface area contributed by atoms with Crippen LogP contribution in [0.5, 0.6) is 0 Å². The Morgan fingerprint density at radius 2 is 1.46 bits per heavy atom. The number of rotatable bonds is 11. The van der Waals surface area contributed by atoms with Crippen molar-refractivity contribution in [3.05, 3.63) is 129 Å². The van der Waals surface area contributed by atoms with E-state index in [2.05, 4.69) is 5.32 Å². The van der Waals surface area contributed by atoms with E-state index in [0.29, 0.717) is 12.8 Å². The summed E-state index contributed by atoms with van der Waals surface area (Å²) in [6, 6.07) is 29.9. The molecule has 0 saturated carbocycles. The van der Waals surface area contributed by atoms with E-state index in [1.54, 1.807) is 23.4 Å². The molecule has 0 aliphatic rings. The van der Waals surface area contributed by atoms with E-state index in [9.17, 15) is 9.59 Å². The van der Waals surface area contributed by atoms with E-state index in [1.165, 1.54) is 0 Å². The van der Waals surface area contributed by atoms with Crippen molar-refractivity contribution in [1.82, 2.24) is 14.9 Å². The first-order valence-electron chi connectivity index (χ1n) is 12.7. The van der Waals surface area contributed by atoms with Crippen molar-refractivity contribution in [2.45, 2.75) is 43.8 Å². The van der Waals surface area contributed by atoms with E-state index >= 15 is 0 Å². The van der Waals surface area contributed by atoms with Gasteiger partial charge in [0.1, 0.15) is 0 Å². The van der Waals surface area contributed by atoms with Gasteiger partial charge in [-0.2, -0.15) is 0 Å². The Bertz CT molecular complexity index is 1320. The molecule has 6 heteroatoms. The van der Waals surface area contributed by atoms with E-state index in [0.717, 1.165) is 51.7 Å². The van der Waals surface area contributed by atoms with Crippen molar-refractivity contribution < 1.29 is 4.79 Å². The molecule has 190 valence electrons. The molecule has 0 unspecified atom stereocenters. The first kappa shape index (κ1) is 26.4. The molecule has 0 fully saturated rings. The summed E-state index contributed by atoms with van der Waals surface area (Å²) in [4.78, 5) is 30.5. The quantitative estimate of drug-likeness (QED) is 0.156. The van der Waals surface area contributed by atoms with Crippen molar-refractivity contribution in [3.8, 4) is 0 Å². The lowest BCUT2D eigenvalue weighted by molar-refractivity contribution is -0.121. The van der Waals surface area contributed by atoms with E-state index < -0.39 is 0 Å². The molecule has 0 aliphatic carbocycles. The van der Waals surface area contributed by atoms with E-state index in [-0.39, 0.29) is 17.5 Å². The largest absolute Gasteiger partial charge is 0.345 e. The fraction of sp³-hybridized carbons (Fsp3) is 0.258. The van der Waals surface area contributed by atoms with Crippen LogP contribution in [0.4, 0.5) is 0 Å². The Labute approximate surface area is 223 Å². The Morgan fingerprint density at radius 1 is 0.892 bits per heavy atom. The van der Waals surface area contributed by atoms with Crippen LogP contribution in [-0.2, 0) is 18.3 Å². The third-order valence-electron chi connectivity index (χ3n) is 6.37. The summed E-state index contributed by atoms with van der Waals surface area (Å²) in [6.45, 7) is 1.91. The predicted octanol–water partition coefficient (Wildman–Crippen LogP) is 5.85. The number of aryl methyl sites for hydroxylation is 1. The molecule has 4 rings (SSSR count). The summed E-state index contributed by atoms with van der Waals surface area (Å²) in [5, 5.41) is 3.92. The standard InChI is InChI=1S/C31H33N3O2S/c1-23-27(22-24-14-6-3-7-15-24)30(36)34(2)31(32-23)37-21-13-12-20-28(35)33-29(25-16-8-4-9-17-25)26-18-10-5-11-19-26/h3-11,14-19,29H,12-13,20-22H2,1-2H3,(H,33,35). The molecular formula is C31H33N3O2S. The number of carbonyl (C=O) groups is 1. The van der Waals surface area contributed by atoms with Gasteiger partial charge in [-0.25, -0.2) is 4.98 Å². The van der Waals surface area contributed by atoms with E-state index in [4.69, 9.17) is 4.98 Å². The molecule has 5 nitrogen and oxygen atoms in total. The topological polar surface area (TPSA) is 64.0 Å². The lowest BCUT2D eigenvalue weighted by Gasteiger charge is -2.20. The van der Waals surface area contributed by atoms with Crippen LogP contribution in [0.15, 0.2) is 101 Å². The van der Waals surface area contributed by atoms with Gasteiger partial charge < -0.3 is 5.32 Å². The second kappa shape index (κ2) is 13.1. The Balaban J connectivity index is 1.29. The molecule has 0 bridgehead atoms. The third kappa shape index (κ3) is 7.20. The third-order valence-corrected chi connectivity index (χ3v) is 7.49. The van der Waals surface area contributed by atoms with Gasteiger partial charge in [-0.1, -0.05) is 103 Å². The monoisotopic (exact) mass is 511 g/mol. The first-order valence-corrected chi connectivity index (χ1v) is 13.6. The lowest BCUT2D eigenvalue weighted by atomic mass is 9.98. The number of nitrogens with one attached hydrogen (secondary N) is 1. The molecule has 37 heavy (non-hydrogen) atoms. The van der Waals surface area contributed by atoms with Gasteiger partial charge >= 0.3 is 0 Å². The Kier molecular flexibility index (Phi) is 9.33. The predicted molar refractivity (Wildman–Crippen MR) is 151 cm³/mol. The molecule has 1 N–H and O–H groups in total. The summed E-state index contributed by atoms with van der Waals surface area (Å²) in [6.07, 6.45) is 2.67. The Hall–Kier alpha value is -3.64. The van der Waals surface area contributed by atoms with Crippen molar-refractivity contribution >= 4 is 17.7 Å². The van der Waals surface area contributed by atoms with Crippen LogP contribution in [-0.4, -0.2) is 21.2 Å². The molecule has 4 aromatic rings. The van der Waals surface area contributed by atoms with Gasteiger partial charge in [0.15, 0.2) is 5.16 Å². The maximum atomic E-state index is 13.0. The van der Waals surface area contributed by atoms with Crippen LogP contribution in [0.2, 0.25) is 0 Å². The van der Waals surface area contributed by atoms with Gasteiger partial charge in [0.05, 0.1) is 6.04 Å². The highest BCUT2D eigenvalue weighted by molar-refractivity contribution is 7.99. The Morgan fingerprint density at radius 3 is 2.05 bits per heavy atom. The number of unbranched alkanes of at least 4 members (excludes halogenated alkanes) is 1. The molecule has 1 heterocycles. The van der Waals surface area contributed by atoms with Gasteiger partial charge in [-0.15, -0.1) is 0 Å². The van der Waals surface area contributed by atoms with Crippen LogP contribution in [0, 0.1) is 6.92 Å². The number of hydrogen-bond acceptors (Lipinski definition) is 4. The molecular weight excluding hydrogens is 478 g/mol. The van der Waals surface area contributed by atoms with Crippen LogP contribution >= 0.6 is 11.8 Å². The SMILES string of the molecule is Cc1nc(SCCCCC(=O)NC(c2ccccc2)c2ccccc2)n(C)c(=O)c1Cc1ccccc1. The van der Waals surface area contributed by atoms with Gasteiger partial charge in [0.2, 0.25) is 5.91 Å². The molecule has 0 spiro atoms. The summed E-state index contributed by atoms with van der Waals surface area (Å²) in [5.41, 5.74) is 4.75. The average Bonchev–Trinajstić information content (AvgIpc) is 2.93. The number of benzene rings is 3. The number of thioether (sulfide) groups is 1. The minimum atomic E-state index is -0.166. The zero-order chi connectivity index (χ0) is 26.0. The van der Waals surface area contributed by atoms with Crippen molar-refractivity contribution in [2.75, 3.05) is 5.75 Å². The second-order valence-corrected chi connectivity index (χ2v) is 10.2. The zero-order valence-corrected chi connectivity index (χ0v) is 22.2. The van der Waals surface area contributed by atoms with Gasteiger partial charge in [0.25, 0.3) is 5.56 Å². The fourth-order valence-electron chi connectivity index (χ4n) is 4.30. The van der Waals surface area contributed by atoms with Crippen LogP contribution in [0.1, 0.15) is 53.3 Å². The second-order valence-electron chi connectivity index (χ2n) is 9.11. The van der Waals surface area contributed by atoms with Crippen molar-refractivity contribution in [3.63, 3.8) is 0 Å². The smallest absolute Gasteiger partial charge is 0.257 e. The van der Waals surface area contributed by atoms with E-state index in [1.807, 2.05) is 97.9 Å². The number of carbonyl (C=O) groups excluding carboxylic acids is 1. The molecule has 0 atom stereocenters. The van der Waals surface area contributed by atoms with Crippen LogP contribution in [0.3, 0.4) is 0 Å². The lowest BCUT2D eigenvalue weighted by Crippen LogP contribution is -2.29. The number of aromatic nitrogens is 2. The van der Waals surface area contributed by atoms with Crippen molar-refractivity contribution in [1.29, 1.82) is 0 Å². The maximum Gasteiger partial charge on any atom is 0.257 e. The van der Waals surface area contributed by atoms with Crippen molar-refractivity contribution in [2.24, 2.45) is 7.05 Å². The molecule has 0 aliphatic heterocycles. The summed E-state index contributed by atoms with van der Waals surface area (Å²) in [5.74, 6) is 0.834. The molecule has 1 amide bonds. The fourth-order valence-corrected chi connectivity index (χ4v) is 5.31. The van der Waals surface area contributed by atoms with Gasteiger partial charge in [0, 0.05) is 36.9 Å². The van der Waals surface area contributed by atoms with Crippen LogP contribution < -0.4 is 10.9 Å². The average molecular weight is 512 g/mol. The summed E-state index contributed by atoms with van der Waals surface area (Å²) >= 11 is 1.57. The minimum Gasteiger partial charge on any atom is -0.345 e. The first-order chi connectivity index (χ1) is 18.0. The normalized spacial score (nSPS) is 11.0. The number of nitrogens with zero attached hydrogens (tertiary/aromatic N) is 2. The highest BCUT2D eigenvalue weighted by Gasteiger charge is 2.17. The number of hydrogen-bond donors (Lipinski definition) is 1. The highest BCUT2D eigenvalue weighted by atomic mass is 32.2. The van der Waals surface area contributed by atoms with Crippen LogP contribution in [0.25, 0.3) is 0 Å². The number of amides is 1. The zero-order valence-electron chi connectivity index (χ0n) is 21.4. The van der Waals surface area contributed by atoms with Gasteiger partial charge in [-0.05, 0) is 36.5 Å². The highest BCUT2D eigenvalue weighted by Crippen LogP contribution is 2.22. The maximum absolute atomic E-state index is 13.0. The molecule has 1 aromatic heterocycles. The van der Waals surface area contributed by atoms with Gasteiger partial charge in [-0.3, -0.25) is 14.2 Å². The molecule has 0 saturated heterocycles. The summed E-state index contributed by atoms with van der Waals surface area (Å²) < 4.78 is 1.65. The molecule has 0 radical (unpaired) electrons. The summed E-state index contributed by atoms with van der Waals surface area (Å²) in [7, 11) is 1.78. The molecule has 3 aromatic carbocycles.